The van der Waals surface area contributed by atoms with Crippen LogP contribution in [-0.2, 0) is 6.42 Å². The van der Waals surface area contributed by atoms with Gasteiger partial charge in [0, 0.05) is 12.1 Å². The average molecular weight is 533 g/mol. The van der Waals surface area contributed by atoms with E-state index in [4.69, 9.17) is 33.4 Å². The highest BCUT2D eigenvalue weighted by Crippen LogP contribution is 2.31. The smallest absolute Gasteiger partial charge is 0.254 e. The van der Waals surface area contributed by atoms with E-state index in [1.54, 1.807) is 24.3 Å². The van der Waals surface area contributed by atoms with E-state index < -0.39 is 12.0 Å². The maximum Gasteiger partial charge on any atom is 0.254 e. The number of nitrogens with one attached hydrogen (secondary N) is 2. The first-order valence-electron chi connectivity index (χ1n) is 12.1. The minimum absolute atomic E-state index is 0.115. The first-order valence-corrected chi connectivity index (χ1v) is 12.4. The summed E-state index contributed by atoms with van der Waals surface area (Å²) in [6.45, 7) is 11.7. The first kappa shape index (κ1) is 27.0. The number of aromatic nitrogens is 1. The van der Waals surface area contributed by atoms with Crippen molar-refractivity contribution in [3.63, 3.8) is 0 Å². The first-order chi connectivity index (χ1) is 18.1. The van der Waals surface area contributed by atoms with Gasteiger partial charge in [-0.2, -0.15) is 0 Å². The molecule has 0 bridgehead atoms. The number of benzene rings is 3. The molecule has 3 aromatic carbocycles. The third-order valence-corrected chi connectivity index (χ3v) is 6.31. The average Bonchev–Trinajstić information content (AvgIpc) is 3.31. The van der Waals surface area contributed by atoms with E-state index in [-0.39, 0.29) is 22.7 Å². The van der Waals surface area contributed by atoms with Gasteiger partial charge in [-0.1, -0.05) is 42.4 Å². The Morgan fingerprint density at radius 1 is 1.16 bits per heavy atom. The summed E-state index contributed by atoms with van der Waals surface area (Å²) in [7, 11) is 0. The Morgan fingerprint density at radius 2 is 1.87 bits per heavy atom. The Labute approximate surface area is 226 Å². The predicted molar refractivity (Wildman–Crippen MR) is 148 cm³/mol. The van der Waals surface area contributed by atoms with Crippen molar-refractivity contribution in [3.05, 3.63) is 94.3 Å². The van der Waals surface area contributed by atoms with Gasteiger partial charge in [-0.05, 0) is 68.3 Å². The summed E-state index contributed by atoms with van der Waals surface area (Å²) in [6.07, 6.45) is -0.0242. The van der Waals surface area contributed by atoms with Crippen LogP contribution in [0, 0.1) is 6.57 Å². The topological polar surface area (TPSA) is 114 Å². The monoisotopic (exact) mass is 532 g/mol. The number of fused-ring (bicyclic) bond motifs is 1. The quantitative estimate of drug-likeness (QED) is 0.187. The summed E-state index contributed by atoms with van der Waals surface area (Å²) in [5.41, 5.74) is 7.17. The van der Waals surface area contributed by atoms with Crippen molar-refractivity contribution in [2.75, 3.05) is 13.2 Å². The van der Waals surface area contributed by atoms with Gasteiger partial charge in [-0.3, -0.25) is 4.79 Å². The molecular formula is C29H29ClN4O4. The minimum atomic E-state index is -0.725. The number of halogens is 1. The zero-order valence-corrected chi connectivity index (χ0v) is 21.9. The van der Waals surface area contributed by atoms with Gasteiger partial charge in [0.25, 0.3) is 5.91 Å². The summed E-state index contributed by atoms with van der Waals surface area (Å²) in [4.78, 5) is 18.2. The van der Waals surface area contributed by atoms with E-state index in [1.165, 1.54) is 0 Å². The van der Waals surface area contributed by atoms with Gasteiger partial charge in [0.1, 0.15) is 41.0 Å². The summed E-state index contributed by atoms with van der Waals surface area (Å²) in [6, 6.07) is 19.7. The number of carbonyl (C=O) groups excluding carboxylic acids is 1. The van der Waals surface area contributed by atoms with Gasteiger partial charge in [0.15, 0.2) is 0 Å². The largest absolute Gasteiger partial charge is 0.490 e. The number of primary amides is 1. The minimum Gasteiger partial charge on any atom is -0.490 e. The van der Waals surface area contributed by atoms with Gasteiger partial charge < -0.3 is 35.5 Å². The molecule has 0 aliphatic rings. The van der Waals surface area contributed by atoms with E-state index in [1.807, 2.05) is 42.5 Å². The van der Waals surface area contributed by atoms with Crippen LogP contribution >= 0.6 is 11.6 Å². The number of nitrogens with two attached hydrogens (primary N) is 1. The fraction of sp³-hybridized carbons (Fsp3) is 0.241. The van der Waals surface area contributed by atoms with Gasteiger partial charge in [0.2, 0.25) is 5.82 Å². The fourth-order valence-corrected chi connectivity index (χ4v) is 4.40. The molecule has 0 aliphatic carbocycles. The van der Waals surface area contributed by atoms with E-state index in [0.717, 1.165) is 16.5 Å². The Hall–Kier alpha value is -4.03. The number of aliphatic hydroxyl groups is 1. The molecule has 0 unspecified atom stereocenters. The van der Waals surface area contributed by atoms with Crippen molar-refractivity contribution >= 4 is 34.2 Å². The Morgan fingerprint density at radius 3 is 2.58 bits per heavy atom. The van der Waals surface area contributed by atoms with Crippen LogP contribution in [0.15, 0.2) is 66.7 Å². The van der Waals surface area contributed by atoms with Crippen LogP contribution in [0.25, 0.3) is 15.7 Å². The van der Waals surface area contributed by atoms with Gasteiger partial charge in [0.05, 0.1) is 10.4 Å². The van der Waals surface area contributed by atoms with E-state index in [0.29, 0.717) is 36.0 Å². The van der Waals surface area contributed by atoms with Crippen molar-refractivity contribution in [1.29, 1.82) is 0 Å². The Bertz CT molecular complexity index is 1470. The molecule has 4 aromatic rings. The van der Waals surface area contributed by atoms with Crippen LogP contribution in [0.2, 0.25) is 5.02 Å². The molecule has 1 aromatic heterocycles. The maximum absolute atomic E-state index is 11.7. The lowest BCUT2D eigenvalue weighted by Gasteiger charge is -2.28. The second-order valence-electron chi connectivity index (χ2n) is 9.61. The molecule has 1 atom stereocenters. The SMILES string of the molecule is [C-]#[N+]c1cc2c(OC[C@@H](O)CNC(C)(C)Cc3ccc(Oc4cccc(Cl)c4C(N)=O)cc3)cccc2[nH]1. The summed E-state index contributed by atoms with van der Waals surface area (Å²) in [5, 5.41) is 15.0. The number of carbonyl (C=O) groups is 1. The highest BCUT2D eigenvalue weighted by molar-refractivity contribution is 6.34. The summed E-state index contributed by atoms with van der Waals surface area (Å²) >= 11 is 6.10. The number of nitrogens with zero attached hydrogens (tertiary/aromatic N) is 1. The number of hydrogen-bond donors (Lipinski definition) is 4. The predicted octanol–water partition coefficient (Wildman–Crippen LogP) is 5.61. The second kappa shape index (κ2) is 11.6. The lowest BCUT2D eigenvalue weighted by molar-refractivity contribution is 0.0995. The van der Waals surface area contributed by atoms with Gasteiger partial charge in [-0.15, -0.1) is 0 Å². The standard InChI is InChI=1S/C29H29ClN4O4/c1-29(2,33-16-19(35)17-37-24-8-5-7-23-21(24)14-26(32-3)34-23)15-18-10-12-20(13-11-18)38-25-9-4-6-22(30)27(25)28(31)36/h4-14,19,33-35H,15-17H2,1-2H3,(H2,31,36)/t19-/m0/s1. The molecule has 1 amide bonds. The second-order valence-corrected chi connectivity index (χ2v) is 10.0. The molecule has 8 nitrogen and oxygen atoms in total. The van der Waals surface area contributed by atoms with Gasteiger partial charge >= 0.3 is 0 Å². The highest BCUT2D eigenvalue weighted by atomic mass is 35.5. The molecule has 38 heavy (non-hydrogen) atoms. The molecule has 0 saturated carbocycles. The van der Waals surface area contributed by atoms with E-state index in [2.05, 4.69) is 29.0 Å². The highest BCUT2D eigenvalue weighted by Gasteiger charge is 2.20. The number of β-amino-alcohol motifs (C(OH)–C–C–N with tert-alkyl or cyclic N) is 1. The summed E-state index contributed by atoms with van der Waals surface area (Å²) < 4.78 is 11.7. The Kier molecular flexibility index (Phi) is 8.23. The third kappa shape index (κ3) is 6.64. The van der Waals surface area contributed by atoms with Crippen LogP contribution in [-0.4, -0.2) is 40.8 Å². The molecule has 0 aliphatic heterocycles. The Balaban J connectivity index is 1.30. The van der Waals surface area contributed by atoms with Gasteiger partial charge in [-0.25, -0.2) is 0 Å². The molecule has 4 rings (SSSR count). The van der Waals surface area contributed by atoms with Crippen LogP contribution in [0.4, 0.5) is 5.82 Å². The molecule has 0 saturated heterocycles. The zero-order valence-electron chi connectivity index (χ0n) is 21.1. The number of amides is 1. The van der Waals surface area contributed by atoms with E-state index >= 15 is 0 Å². The molecular weight excluding hydrogens is 504 g/mol. The normalized spacial score (nSPS) is 12.2. The molecule has 196 valence electrons. The maximum atomic E-state index is 11.7. The molecule has 0 fully saturated rings. The van der Waals surface area contributed by atoms with Crippen LogP contribution in [0.3, 0.4) is 0 Å². The van der Waals surface area contributed by atoms with Crippen molar-refractivity contribution in [2.24, 2.45) is 5.73 Å². The van der Waals surface area contributed by atoms with Crippen molar-refractivity contribution in [3.8, 4) is 17.2 Å². The lowest BCUT2D eigenvalue weighted by Crippen LogP contribution is -2.46. The molecule has 9 heteroatoms. The zero-order chi connectivity index (χ0) is 27.3. The molecule has 0 spiro atoms. The van der Waals surface area contributed by atoms with Crippen molar-refractivity contribution < 1.29 is 19.4 Å². The molecule has 0 radical (unpaired) electrons. The van der Waals surface area contributed by atoms with Crippen LogP contribution in [0.5, 0.6) is 17.2 Å². The van der Waals surface area contributed by atoms with Crippen LogP contribution < -0.4 is 20.5 Å². The number of aliphatic hydroxyl groups excluding tert-OH is 1. The van der Waals surface area contributed by atoms with Crippen LogP contribution in [0.1, 0.15) is 29.8 Å². The number of ether oxygens (including phenoxy) is 2. The fourth-order valence-electron chi connectivity index (χ4n) is 4.14. The number of hydrogen-bond acceptors (Lipinski definition) is 5. The molecule has 1 heterocycles. The van der Waals surface area contributed by atoms with E-state index in [9.17, 15) is 9.90 Å². The number of rotatable bonds is 11. The molecule has 5 N–H and O–H groups in total. The van der Waals surface area contributed by atoms with Crippen molar-refractivity contribution in [2.45, 2.75) is 31.9 Å². The van der Waals surface area contributed by atoms with Crippen molar-refractivity contribution in [1.82, 2.24) is 10.3 Å². The lowest BCUT2D eigenvalue weighted by atomic mass is 9.94. The number of aromatic amines is 1. The third-order valence-electron chi connectivity index (χ3n) is 6.00. The number of H-pyrrole nitrogens is 1. The summed E-state index contributed by atoms with van der Waals surface area (Å²) in [5.74, 6) is 1.27.